The molecule has 0 aromatic carbocycles. The molecule has 0 amide bonds. The highest BCUT2D eigenvalue weighted by molar-refractivity contribution is 5.79. The molecule has 0 radical (unpaired) electrons. The van der Waals surface area contributed by atoms with E-state index in [9.17, 15) is 9.59 Å². The lowest BCUT2D eigenvalue weighted by Crippen LogP contribution is -1.98. The summed E-state index contributed by atoms with van der Waals surface area (Å²) in [6.07, 6.45) is 7.42. The number of hydrogen-bond acceptors (Lipinski definition) is 2. The van der Waals surface area contributed by atoms with Gasteiger partial charge in [0.25, 0.3) is 0 Å². The number of ketones is 1. The van der Waals surface area contributed by atoms with Crippen molar-refractivity contribution < 1.29 is 4.79 Å². The zero-order chi connectivity index (χ0) is 10.4. The van der Waals surface area contributed by atoms with Crippen LogP contribution in [0.4, 0.5) is 0 Å². The molecular weight excluding hydrogens is 178 g/mol. The van der Waals surface area contributed by atoms with E-state index in [1.54, 1.807) is 12.4 Å². The predicted octanol–water partition coefficient (Wildman–Crippen LogP) is 1.51. The second-order valence-electron chi connectivity index (χ2n) is 3.45. The van der Waals surface area contributed by atoms with Crippen molar-refractivity contribution in [2.24, 2.45) is 7.05 Å². The molecule has 0 atom stereocenters. The summed E-state index contributed by atoms with van der Waals surface area (Å²) in [4.78, 5) is 20.7. The van der Waals surface area contributed by atoms with Crippen LogP contribution in [-0.2, 0) is 11.8 Å². The van der Waals surface area contributed by atoms with Crippen molar-refractivity contribution in [3.63, 3.8) is 0 Å². The summed E-state index contributed by atoms with van der Waals surface area (Å²) >= 11 is 0. The van der Waals surface area contributed by atoms with Crippen molar-refractivity contribution >= 4 is 5.78 Å². The average molecular weight is 193 g/mol. The minimum absolute atomic E-state index is 0.0584. The van der Waals surface area contributed by atoms with Crippen LogP contribution in [0, 0.1) is 0 Å². The van der Waals surface area contributed by atoms with Crippen LogP contribution >= 0.6 is 0 Å². The first-order chi connectivity index (χ1) is 6.68. The zero-order valence-corrected chi connectivity index (χ0v) is 8.40. The van der Waals surface area contributed by atoms with Gasteiger partial charge in [-0.25, -0.2) is 0 Å². The van der Waals surface area contributed by atoms with Crippen molar-refractivity contribution in [2.45, 2.75) is 25.7 Å². The molecule has 0 spiro atoms. The van der Waals surface area contributed by atoms with Crippen molar-refractivity contribution in [1.82, 2.24) is 4.57 Å². The Morgan fingerprint density at radius 2 is 1.57 bits per heavy atom. The van der Waals surface area contributed by atoms with Crippen LogP contribution in [0.5, 0.6) is 0 Å². The number of nitrogens with zero attached hydrogens (tertiary/aromatic N) is 1. The molecule has 76 valence electrons. The van der Waals surface area contributed by atoms with Gasteiger partial charge in [0.2, 0.25) is 0 Å². The lowest BCUT2D eigenvalue weighted by molar-refractivity contribution is -0.117. The van der Waals surface area contributed by atoms with Crippen LogP contribution in [0.3, 0.4) is 0 Å². The lowest BCUT2D eigenvalue weighted by atomic mass is 10.4. The number of aryl methyl sites for hydroxylation is 1. The fraction of sp³-hybridized carbons (Fsp3) is 0.455. The SMILES string of the molecule is Cn1ccc(=O)cc1.O=C1CCCC1. The van der Waals surface area contributed by atoms with Crippen LogP contribution in [0.2, 0.25) is 0 Å². The molecule has 1 saturated carbocycles. The Bertz CT molecular complexity index is 326. The fourth-order valence-electron chi connectivity index (χ4n) is 1.26. The van der Waals surface area contributed by atoms with Gasteiger partial charge in [0.15, 0.2) is 5.43 Å². The minimum atomic E-state index is 0.0584. The normalized spacial score (nSPS) is 14.8. The van der Waals surface area contributed by atoms with Gasteiger partial charge in [0, 0.05) is 44.4 Å². The molecule has 0 saturated heterocycles. The Morgan fingerprint density at radius 1 is 1.07 bits per heavy atom. The predicted molar refractivity (Wildman–Crippen MR) is 55.2 cm³/mol. The molecule has 1 aromatic rings. The summed E-state index contributed by atoms with van der Waals surface area (Å²) in [5.41, 5.74) is 0.0584. The van der Waals surface area contributed by atoms with Gasteiger partial charge < -0.3 is 4.57 Å². The number of hydrogen-bond donors (Lipinski definition) is 0. The summed E-state index contributed by atoms with van der Waals surface area (Å²) in [7, 11) is 1.87. The molecular formula is C11H15NO2. The van der Waals surface area contributed by atoms with Crippen LogP contribution in [0.15, 0.2) is 29.3 Å². The third-order valence-electron chi connectivity index (χ3n) is 2.11. The number of aromatic nitrogens is 1. The quantitative estimate of drug-likeness (QED) is 0.626. The van der Waals surface area contributed by atoms with E-state index in [0.29, 0.717) is 5.78 Å². The monoisotopic (exact) mass is 193 g/mol. The van der Waals surface area contributed by atoms with E-state index in [-0.39, 0.29) is 5.43 Å². The van der Waals surface area contributed by atoms with E-state index in [0.717, 1.165) is 25.7 Å². The van der Waals surface area contributed by atoms with E-state index in [1.165, 1.54) is 12.1 Å². The summed E-state index contributed by atoms with van der Waals surface area (Å²) in [5, 5.41) is 0. The maximum atomic E-state index is 10.4. The first-order valence-electron chi connectivity index (χ1n) is 4.82. The van der Waals surface area contributed by atoms with Crippen molar-refractivity contribution in [2.75, 3.05) is 0 Å². The second-order valence-corrected chi connectivity index (χ2v) is 3.45. The van der Waals surface area contributed by atoms with Gasteiger partial charge in [-0.3, -0.25) is 9.59 Å². The van der Waals surface area contributed by atoms with E-state index < -0.39 is 0 Å². The Hall–Kier alpha value is -1.38. The maximum absolute atomic E-state index is 10.4. The molecule has 1 aliphatic carbocycles. The van der Waals surface area contributed by atoms with Crippen molar-refractivity contribution in [1.29, 1.82) is 0 Å². The van der Waals surface area contributed by atoms with Crippen molar-refractivity contribution in [3.05, 3.63) is 34.7 Å². The number of rotatable bonds is 0. The first-order valence-corrected chi connectivity index (χ1v) is 4.82. The second kappa shape index (κ2) is 5.37. The first kappa shape index (κ1) is 10.7. The van der Waals surface area contributed by atoms with Crippen molar-refractivity contribution in [3.8, 4) is 0 Å². The Balaban J connectivity index is 0.000000146. The van der Waals surface area contributed by atoms with E-state index in [1.807, 2.05) is 11.6 Å². The molecule has 0 unspecified atom stereocenters. The van der Waals surface area contributed by atoms with Crippen LogP contribution in [0.1, 0.15) is 25.7 Å². The summed E-state index contributed by atoms with van der Waals surface area (Å²) in [5.74, 6) is 0.454. The van der Waals surface area contributed by atoms with E-state index >= 15 is 0 Å². The van der Waals surface area contributed by atoms with E-state index in [2.05, 4.69) is 0 Å². The molecule has 0 N–H and O–H groups in total. The Kier molecular flexibility index (Phi) is 4.11. The Morgan fingerprint density at radius 3 is 1.86 bits per heavy atom. The molecule has 1 aliphatic rings. The summed E-state index contributed by atoms with van der Waals surface area (Å²) in [6.45, 7) is 0. The largest absolute Gasteiger partial charge is 0.357 e. The zero-order valence-electron chi connectivity index (χ0n) is 8.40. The molecule has 3 heteroatoms. The van der Waals surface area contributed by atoms with Gasteiger partial charge in [-0.05, 0) is 12.8 Å². The molecule has 1 aromatic heterocycles. The van der Waals surface area contributed by atoms with Gasteiger partial charge in [-0.1, -0.05) is 0 Å². The van der Waals surface area contributed by atoms with Gasteiger partial charge in [-0.2, -0.15) is 0 Å². The minimum Gasteiger partial charge on any atom is -0.357 e. The van der Waals surface area contributed by atoms with Gasteiger partial charge in [0.05, 0.1) is 0 Å². The maximum Gasteiger partial charge on any atom is 0.181 e. The topological polar surface area (TPSA) is 39.1 Å². The molecule has 0 bridgehead atoms. The number of pyridine rings is 1. The average Bonchev–Trinajstić information content (AvgIpc) is 2.63. The molecule has 2 rings (SSSR count). The molecule has 3 nitrogen and oxygen atoms in total. The Labute approximate surface area is 83.4 Å². The molecule has 1 heterocycles. The fourth-order valence-corrected chi connectivity index (χ4v) is 1.26. The highest BCUT2D eigenvalue weighted by atomic mass is 16.1. The highest BCUT2D eigenvalue weighted by Crippen LogP contribution is 2.11. The van der Waals surface area contributed by atoms with E-state index in [4.69, 9.17) is 0 Å². The summed E-state index contributed by atoms with van der Waals surface area (Å²) in [6, 6.07) is 3.06. The van der Waals surface area contributed by atoms with Crippen LogP contribution in [0.25, 0.3) is 0 Å². The highest BCUT2D eigenvalue weighted by Gasteiger charge is 2.07. The molecule has 0 aliphatic heterocycles. The number of carbonyl (C=O) groups excluding carboxylic acids is 1. The smallest absolute Gasteiger partial charge is 0.181 e. The lowest BCUT2D eigenvalue weighted by Gasteiger charge is -1.89. The van der Waals surface area contributed by atoms with Gasteiger partial charge in [-0.15, -0.1) is 0 Å². The number of Topliss-reactive ketones (excluding diaryl/α,β-unsaturated/α-hetero) is 1. The van der Waals surface area contributed by atoms with Crippen LogP contribution < -0.4 is 5.43 Å². The third-order valence-corrected chi connectivity index (χ3v) is 2.11. The standard InChI is InChI=1S/C6H7NO.C5H8O/c1-7-4-2-6(8)3-5-7;6-5-3-1-2-4-5/h2-5H,1H3;1-4H2. The molecule has 1 fully saturated rings. The van der Waals surface area contributed by atoms with Gasteiger partial charge >= 0.3 is 0 Å². The molecule has 14 heavy (non-hydrogen) atoms. The van der Waals surface area contributed by atoms with Crippen LogP contribution in [-0.4, -0.2) is 10.4 Å². The third kappa shape index (κ3) is 4.03. The summed E-state index contributed by atoms with van der Waals surface area (Å²) < 4.78 is 1.82. The van der Waals surface area contributed by atoms with Gasteiger partial charge in [0.1, 0.15) is 5.78 Å². The number of carbonyl (C=O) groups is 1.